The van der Waals surface area contributed by atoms with Crippen LogP contribution < -0.4 is 5.73 Å². The molecule has 0 radical (unpaired) electrons. The van der Waals surface area contributed by atoms with Crippen LogP contribution in [0, 0.1) is 25.7 Å². The lowest BCUT2D eigenvalue weighted by Crippen LogP contribution is -2.05. The molecule has 138 valence electrons. The summed E-state index contributed by atoms with van der Waals surface area (Å²) in [6.45, 7) is 5.84. The SMILES string of the molecule is Cc1cc(-n2nc(C)c3ccc(C#CC(C)c4ncccn4)cc32)nc(N)n1. The maximum absolute atomic E-state index is 5.82. The molecule has 1 atom stereocenters. The van der Waals surface area contributed by atoms with Gasteiger partial charge in [0.25, 0.3) is 0 Å². The number of benzene rings is 1. The van der Waals surface area contributed by atoms with Crippen molar-refractivity contribution < 1.29 is 0 Å². The van der Waals surface area contributed by atoms with Gasteiger partial charge in [-0.1, -0.05) is 11.8 Å². The third-order valence-electron chi connectivity index (χ3n) is 4.35. The lowest BCUT2D eigenvalue weighted by Gasteiger charge is -2.05. The summed E-state index contributed by atoms with van der Waals surface area (Å²) in [5.74, 6) is 7.94. The lowest BCUT2D eigenvalue weighted by atomic mass is 10.1. The molecule has 0 fully saturated rings. The maximum atomic E-state index is 5.82. The highest BCUT2D eigenvalue weighted by molar-refractivity contribution is 5.84. The van der Waals surface area contributed by atoms with E-state index in [1.807, 2.05) is 45.0 Å². The first-order valence-corrected chi connectivity index (χ1v) is 8.90. The summed E-state index contributed by atoms with van der Waals surface area (Å²) >= 11 is 0. The number of hydrogen-bond donors (Lipinski definition) is 1. The van der Waals surface area contributed by atoms with Crippen LogP contribution in [0.5, 0.6) is 0 Å². The Hall–Kier alpha value is -3.79. The van der Waals surface area contributed by atoms with Crippen molar-refractivity contribution in [3.05, 3.63) is 65.5 Å². The highest BCUT2D eigenvalue weighted by atomic mass is 15.3. The van der Waals surface area contributed by atoms with Crippen LogP contribution in [0.2, 0.25) is 0 Å². The van der Waals surface area contributed by atoms with Gasteiger partial charge in [0.05, 0.1) is 17.1 Å². The van der Waals surface area contributed by atoms with Gasteiger partial charge in [-0.25, -0.2) is 19.6 Å². The first-order valence-electron chi connectivity index (χ1n) is 8.90. The number of hydrogen-bond acceptors (Lipinski definition) is 6. The molecule has 0 aliphatic heterocycles. The number of aromatic nitrogens is 6. The molecular formula is C21H19N7. The van der Waals surface area contributed by atoms with Gasteiger partial charge in [0.1, 0.15) is 5.82 Å². The second-order valence-corrected chi connectivity index (χ2v) is 6.55. The van der Waals surface area contributed by atoms with E-state index in [1.165, 1.54) is 0 Å². The van der Waals surface area contributed by atoms with E-state index in [2.05, 4.69) is 36.9 Å². The summed E-state index contributed by atoms with van der Waals surface area (Å²) in [5, 5.41) is 5.67. The Morgan fingerprint density at radius 2 is 1.86 bits per heavy atom. The zero-order chi connectivity index (χ0) is 19.7. The standard InChI is InChI=1S/C21H19N7/c1-13(20-23-9-4-10-24-20)5-6-16-7-8-17-15(3)27-28(18(17)12-16)19-11-14(2)25-21(22)26-19/h4,7-13H,1-3H3,(H2,22,25,26). The minimum Gasteiger partial charge on any atom is -0.368 e. The Morgan fingerprint density at radius 1 is 1.07 bits per heavy atom. The Labute approximate surface area is 162 Å². The van der Waals surface area contributed by atoms with Crippen LogP contribution in [0.15, 0.2) is 42.7 Å². The van der Waals surface area contributed by atoms with E-state index in [0.717, 1.165) is 27.9 Å². The number of rotatable bonds is 2. The first kappa shape index (κ1) is 17.6. The minimum absolute atomic E-state index is 0.0622. The quantitative estimate of drug-likeness (QED) is 0.546. The molecule has 7 nitrogen and oxygen atoms in total. The van der Waals surface area contributed by atoms with Crippen LogP contribution in [0.1, 0.15) is 35.6 Å². The monoisotopic (exact) mass is 369 g/mol. The molecule has 0 aliphatic carbocycles. The largest absolute Gasteiger partial charge is 0.368 e. The predicted molar refractivity (Wildman–Crippen MR) is 108 cm³/mol. The number of aryl methyl sites for hydroxylation is 2. The zero-order valence-electron chi connectivity index (χ0n) is 15.9. The van der Waals surface area contributed by atoms with Crippen LogP contribution >= 0.6 is 0 Å². The van der Waals surface area contributed by atoms with Gasteiger partial charge in [0.2, 0.25) is 5.95 Å². The molecule has 2 N–H and O–H groups in total. The fourth-order valence-corrected chi connectivity index (χ4v) is 3.00. The number of nitrogen functional groups attached to an aromatic ring is 1. The summed E-state index contributed by atoms with van der Waals surface area (Å²) < 4.78 is 1.78. The fourth-order valence-electron chi connectivity index (χ4n) is 3.00. The summed E-state index contributed by atoms with van der Waals surface area (Å²) in [7, 11) is 0. The molecule has 4 rings (SSSR count). The molecule has 1 aromatic carbocycles. The van der Waals surface area contributed by atoms with Crippen LogP contribution in [0.25, 0.3) is 16.7 Å². The van der Waals surface area contributed by atoms with Gasteiger partial charge in [0, 0.05) is 35.1 Å². The third-order valence-corrected chi connectivity index (χ3v) is 4.35. The molecule has 0 saturated heterocycles. The molecule has 1 unspecified atom stereocenters. The molecule has 4 aromatic rings. The molecule has 0 bridgehead atoms. The van der Waals surface area contributed by atoms with E-state index >= 15 is 0 Å². The van der Waals surface area contributed by atoms with Crippen molar-refractivity contribution in [3.63, 3.8) is 0 Å². The number of nitrogens with zero attached hydrogens (tertiary/aromatic N) is 6. The van der Waals surface area contributed by atoms with Crippen LogP contribution in [-0.2, 0) is 0 Å². The minimum atomic E-state index is -0.0622. The van der Waals surface area contributed by atoms with Crippen molar-refractivity contribution in [2.24, 2.45) is 0 Å². The fraction of sp³-hybridized carbons (Fsp3) is 0.190. The third kappa shape index (κ3) is 3.40. The summed E-state index contributed by atoms with van der Waals surface area (Å²) in [6.07, 6.45) is 3.45. The molecule has 3 heterocycles. The van der Waals surface area contributed by atoms with Crippen LogP contribution in [0.4, 0.5) is 5.95 Å². The van der Waals surface area contributed by atoms with E-state index in [9.17, 15) is 0 Å². The Bertz CT molecular complexity index is 1200. The summed E-state index contributed by atoms with van der Waals surface area (Å²) in [4.78, 5) is 17.0. The second kappa shape index (κ2) is 7.08. The molecule has 3 aromatic heterocycles. The molecular weight excluding hydrogens is 350 g/mol. The van der Waals surface area contributed by atoms with Gasteiger partial charge in [-0.05, 0) is 45.0 Å². The molecule has 7 heteroatoms. The maximum Gasteiger partial charge on any atom is 0.222 e. The summed E-state index contributed by atoms with van der Waals surface area (Å²) in [5.41, 5.74) is 9.32. The van der Waals surface area contributed by atoms with Gasteiger partial charge < -0.3 is 5.73 Å². The second-order valence-electron chi connectivity index (χ2n) is 6.55. The van der Waals surface area contributed by atoms with E-state index in [-0.39, 0.29) is 11.9 Å². The first-order chi connectivity index (χ1) is 13.5. The highest BCUT2D eigenvalue weighted by Gasteiger charge is 2.12. The van der Waals surface area contributed by atoms with E-state index in [0.29, 0.717) is 11.6 Å². The van der Waals surface area contributed by atoms with Crippen molar-refractivity contribution >= 4 is 16.9 Å². The van der Waals surface area contributed by atoms with Crippen molar-refractivity contribution in [1.29, 1.82) is 0 Å². The van der Waals surface area contributed by atoms with Crippen LogP contribution in [0.3, 0.4) is 0 Å². The van der Waals surface area contributed by atoms with Gasteiger partial charge in [0.15, 0.2) is 5.82 Å². The normalized spacial score (nSPS) is 11.8. The molecule has 0 saturated carbocycles. The average molecular weight is 369 g/mol. The van der Waals surface area contributed by atoms with Crippen molar-refractivity contribution in [3.8, 4) is 17.7 Å². The highest BCUT2D eigenvalue weighted by Crippen LogP contribution is 2.23. The van der Waals surface area contributed by atoms with Crippen molar-refractivity contribution in [2.45, 2.75) is 26.7 Å². The van der Waals surface area contributed by atoms with Gasteiger partial charge in [-0.3, -0.25) is 0 Å². The Morgan fingerprint density at radius 3 is 2.61 bits per heavy atom. The summed E-state index contributed by atoms with van der Waals surface area (Å²) in [6, 6.07) is 9.68. The smallest absolute Gasteiger partial charge is 0.222 e. The van der Waals surface area contributed by atoms with Crippen LogP contribution in [-0.4, -0.2) is 29.7 Å². The van der Waals surface area contributed by atoms with Gasteiger partial charge in [-0.2, -0.15) is 10.1 Å². The van der Waals surface area contributed by atoms with Gasteiger partial charge in [-0.15, -0.1) is 0 Å². The number of fused-ring (bicyclic) bond motifs is 1. The molecule has 0 aliphatic rings. The molecule has 0 amide bonds. The molecule has 28 heavy (non-hydrogen) atoms. The van der Waals surface area contributed by atoms with Crippen molar-refractivity contribution in [1.82, 2.24) is 29.7 Å². The number of nitrogens with two attached hydrogens (primary N) is 1. The predicted octanol–water partition coefficient (Wildman–Crippen LogP) is 2.96. The Kier molecular flexibility index (Phi) is 4.45. The Balaban J connectivity index is 1.76. The van der Waals surface area contributed by atoms with E-state index in [4.69, 9.17) is 5.73 Å². The molecule has 0 spiro atoms. The van der Waals surface area contributed by atoms with E-state index < -0.39 is 0 Å². The number of anilines is 1. The topological polar surface area (TPSA) is 95.4 Å². The van der Waals surface area contributed by atoms with E-state index in [1.54, 1.807) is 23.1 Å². The lowest BCUT2D eigenvalue weighted by molar-refractivity contribution is 0.848. The average Bonchev–Trinajstić information content (AvgIpc) is 3.02. The zero-order valence-corrected chi connectivity index (χ0v) is 15.9. The van der Waals surface area contributed by atoms with Gasteiger partial charge >= 0.3 is 0 Å². The van der Waals surface area contributed by atoms with Crippen molar-refractivity contribution in [2.75, 3.05) is 5.73 Å².